The fraction of sp³-hybridized carbons (Fsp3) is 1.00. The van der Waals surface area contributed by atoms with Crippen molar-refractivity contribution in [2.24, 2.45) is 11.7 Å². The molecule has 0 amide bonds. The Morgan fingerprint density at radius 1 is 1.44 bits per heavy atom. The van der Waals surface area contributed by atoms with E-state index in [1.807, 2.05) is 0 Å². The van der Waals surface area contributed by atoms with E-state index in [9.17, 15) is 0 Å². The lowest BCUT2D eigenvalue weighted by Gasteiger charge is -2.47. The van der Waals surface area contributed by atoms with Crippen LogP contribution in [0.5, 0.6) is 0 Å². The highest BCUT2D eigenvalue weighted by Gasteiger charge is 2.36. The van der Waals surface area contributed by atoms with Gasteiger partial charge in [0.1, 0.15) is 0 Å². The van der Waals surface area contributed by atoms with Gasteiger partial charge in [-0.2, -0.15) is 0 Å². The van der Waals surface area contributed by atoms with Crippen LogP contribution >= 0.6 is 0 Å². The molecule has 1 aliphatic carbocycles. The molecule has 0 bridgehead atoms. The van der Waals surface area contributed by atoms with E-state index in [0.29, 0.717) is 6.10 Å². The highest BCUT2D eigenvalue weighted by molar-refractivity contribution is 4.93. The number of nitrogens with zero attached hydrogens (tertiary/aromatic N) is 1. The van der Waals surface area contributed by atoms with Crippen molar-refractivity contribution in [3.8, 4) is 0 Å². The van der Waals surface area contributed by atoms with Gasteiger partial charge in [-0.1, -0.05) is 19.3 Å². The van der Waals surface area contributed by atoms with Crippen molar-refractivity contribution < 1.29 is 4.74 Å². The van der Waals surface area contributed by atoms with Gasteiger partial charge in [0.25, 0.3) is 0 Å². The molecule has 1 saturated heterocycles. The standard InChI is InChI=1S/C13H26N2O/c1-11-9-15(6-7-16-11)13(2,10-14)8-12-4-3-5-12/h11-12H,3-10,14H2,1-2H3. The normalized spacial score (nSPS) is 32.1. The second kappa shape index (κ2) is 5.03. The fourth-order valence-electron chi connectivity index (χ4n) is 2.97. The molecule has 0 spiro atoms. The van der Waals surface area contributed by atoms with E-state index in [-0.39, 0.29) is 5.54 Å². The van der Waals surface area contributed by atoms with Gasteiger partial charge in [0.2, 0.25) is 0 Å². The molecule has 2 atom stereocenters. The summed E-state index contributed by atoms with van der Waals surface area (Å²) in [6.07, 6.45) is 5.88. The van der Waals surface area contributed by atoms with Crippen molar-refractivity contribution in [3.63, 3.8) is 0 Å². The monoisotopic (exact) mass is 226 g/mol. The third-order valence-electron chi connectivity index (χ3n) is 4.40. The molecule has 1 aliphatic heterocycles. The quantitative estimate of drug-likeness (QED) is 0.791. The minimum absolute atomic E-state index is 0.198. The highest BCUT2D eigenvalue weighted by atomic mass is 16.5. The smallest absolute Gasteiger partial charge is 0.0674 e. The first-order valence-corrected chi connectivity index (χ1v) is 6.71. The predicted octanol–water partition coefficient (Wildman–Crippen LogP) is 1.61. The summed E-state index contributed by atoms with van der Waals surface area (Å²) in [5.74, 6) is 0.923. The van der Waals surface area contributed by atoms with E-state index in [1.54, 1.807) is 0 Å². The van der Waals surface area contributed by atoms with Crippen molar-refractivity contribution in [1.29, 1.82) is 0 Å². The molecule has 3 nitrogen and oxygen atoms in total. The molecule has 2 unspecified atom stereocenters. The lowest BCUT2D eigenvalue weighted by Crippen LogP contribution is -2.58. The van der Waals surface area contributed by atoms with Crippen LogP contribution in [0.25, 0.3) is 0 Å². The number of hydrogen-bond donors (Lipinski definition) is 1. The molecule has 1 heterocycles. The summed E-state index contributed by atoms with van der Waals surface area (Å²) in [6, 6.07) is 0. The van der Waals surface area contributed by atoms with Crippen LogP contribution < -0.4 is 5.73 Å². The molecular weight excluding hydrogens is 200 g/mol. The maximum atomic E-state index is 6.03. The van der Waals surface area contributed by atoms with Gasteiger partial charge in [0, 0.05) is 25.2 Å². The Kier molecular flexibility index (Phi) is 3.88. The van der Waals surface area contributed by atoms with Crippen LogP contribution in [0.4, 0.5) is 0 Å². The molecule has 2 rings (SSSR count). The average Bonchev–Trinajstić information content (AvgIpc) is 2.23. The Morgan fingerprint density at radius 2 is 2.19 bits per heavy atom. The number of nitrogens with two attached hydrogens (primary N) is 1. The summed E-state index contributed by atoms with van der Waals surface area (Å²) in [7, 11) is 0. The average molecular weight is 226 g/mol. The van der Waals surface area contributed by atoms with Crippen molar-refractivity contribution >= 4 is 0 Å². The largest absolute Gasteiger partial charge is 0.376 e. The maximum Gasteiger partial charge on any atom is 0.0674 e. The SMILES string of the molecule is CC1CN(C(C)(CN)CC2CCC2)CCO1. The predicted molar refractivity (Wildman–Crippen MR) is 66.4 cm³/mol. The van der Waals surface area contributed by atoms with Gasteiger partial charge in [0.05, 0.1) is 12.7 Å². The minimum atomic E-state index is 0.198. The molecule has 2 fully saturated rings. The van der Waals surface area contributed by atoms with Crippen LogP contribution in [0.15, 0.2) is 0 Å². The first kappa shape index (κ1) is 12.3. The molecule has 0 aromatic heterocycles. The molecule has 2 N–H and O–H groups in total. The second-order valence-corrected chi connectivity index (χ2v) is 5.83. The lowest BCUT2D eigenvalue weighted by atomic mass is 9.75. The number of hydrogen-bond acceptors (Lipinski definition) is 3. The Labute approximate surface area is 99.3 Å². The minimum Gasteiger partial charge on any atom is -0.376 e. The van der Waals surface area contributed by atoms with Crippen molar-refractivity contribution in [3.05, 3.63) is 0 Å². The second-order valence-electron chi connectivity index (χ2n) is 5.83. The zero-order chi connectivity index (χ0) is 11.6. The van der Waals surface area contributed by atoms with Crippen LogP contribution in [0, 0.1) is 5.92 Å². The van der Waals surface area contributed by atoms with Gasteiger partial charge in [-0.05, 0) is 26.2 Å². The first-order valence-electron chi connectivity index (χ1n) is 6.71. The third-order valence-corrected chi connectivity index (χ3v) is 4.40. The molecule has 0 aromatic rings. The van der Waals surface area contributed by atoms with Gasteiger partial charge in [-0.15, -0.1) is 0 Å². The first-order chi connectivity index (χ1) is 7.64. The summed E-state index contributed by atoms with van der Waals surface area (Å²) < 4.78 is 5.61. The van der Waals surface area contributed by atoms with Gasteiger partial charge >= 0.3 is 0 Å². The summed E-state index contributed by atoms with van der Waals surface area (Å²) in [5, 5.41) is 0. The zero-order valence-electron chi connectivity index (χ0n) is 10.7. The topological polar surface area (TPSA) is 38.5 Å². The molecule has 2 aliphatic rings. The molecule has 3 heteroatoms. The Hall–Kier alpha value is -0.120. The van der Waals surface area contributed by atoms with Gasteiger partial charge in [-0.3, -0.25) is 4.90 Å². The number of ether oxygens (including phenoxy) is 1. The highest BCUT2D eigenvalue weighted by Crippen LogP contribution is 2.36. The van der Waals surface area contributed by atoms with Gasteiger partial charge in [-0.25, -0.2) is 0 Å². The Bertz CT molecular complexity index is 230. The van der Waals surface area contributed by atoms with E-state index < -0.39 is 0 Å². The van der Waals surface area contributed by atoms with Gasteiger partial charge in [0.15, 0.2) is 0 Å². The maximum absolute atomic E-state index is 6.03. The van der Waals surface area contributed by atoms with E-state index >= 15 is 0 Å². The molecular formula is C13H26N2O. The van der Waals surface area contributed by atoms with Crippen LogP contribution in [-0.4, -0.2) is 42.8 Å². The summed E-state index contributed by atoms with van der Waals surface area (Å²) in [6.45, 7) is 8.22. The van der Waals surface area contributed by atoms with E-state index in [4.69, 9.17) is 10.5 Å². The van der Waals surface area contributed by atoms with E-state index in [1.165, 1.54) is 25.7 Å². The fourth-order valence-corrected chi connectivity index (χ4v) is 2.97. The summed E-state index contributed by atoms with van der Waals surface area (Å²) >= 11 is 0. The third kappa shape index (κ3) is 2.58. The molecule has 94 valence electrons. The van der Waals surface area contributed by atoms with Crippen LogP contribution in [0.1, 0.15) is 39.5 Å². The van der Waals surface area contributed by atoms with E-state index in [0.717, 1.165) is 32.2 Å². The van der Waals surface area contributed by atoms with Crippen molar-refractivity contribution in [2.45, 2.75) is 51.2 Å². The zero-order valence-corrected chi connectivity index (χ0v) is 10.7. The van der Waals surface area contributed by atoms with Crippen LogP contribution in [0.3, 0.4) is 0 Å². The molecule has 1 saturated carbocycles. The molecule has 0 aromatic carbocycles. The number of morpholine rings is 1. The van der Waals surface area contributed by atoms with Crippen molar-refractivity contribution in [1.82, 2.24) is 4.90 Å². The molecule has 16 heavy (non-hydrogen) atoms. The van der Waals surface area contributed by atoms with E-state index in [2.05, 4.69) is 18.7 Å². The summed E-state index contributed by atoms with van der Waals surface area (Å²) in [5.41, 5.74) is 6.23. The van der Waals surface area contributed by atoms with Crippen molar-refractivity contribution in [2.75, 3.05) is 26.2 Å². The Balaban J connectivity index is 1.94. The summed E-state index contributed by atoms with van der Waals surface area (Å²) in [4.78, 5) is 2.56. The Morgan fingerprint density at radius 3 is 2.69 bits per heavy atom. The van der Waals surface area contributed by atoms with Gasteiger partial charge < -0.3 is 10.5 Å². The lowest BCUT2D eigenvalue weighted by molar-refractivity contribution is -0.0642. The van der Waals surface area contributed by atoms with Crippen LogP contribution in [-0.2, 0) is 4.74 Å². The number of rotatable bonds is 4. The molecule has 0 radical (unpaired) electrons. The van der Waals surface area contributed by atoms with Crippen LogP contribution in [0.2, 0.25) is 0 Å².